The Kier molecular flexibility index (Phi) is 2.55. The van der Waals surface area contributed by atoms with Crippen molar-refractivity contribution in [2.45, 2.75) is 11.4 Å². The van der Waals surface area contributed by atoms with Gasteiger partial charge in [-0.05, 0) is 6.26 Å². The zero-order valence-corrected chi connectivity index (χ0v) is 8.71. The Morgan fingerprint density at radius 2 is 2.40 bits per heavy atom. The molecule has 2 N–H and O–H groups in total. The van der Waals surface area contributed by atoms with E-state index in [0.29, 0.717) is 17.0 Å². The van der Waals surface area contributed by atoms with Gasteiger partial charge in [0.05, 0.1) is 0 Å². The lowest BCUT2D eigenvalue weighted by atomic mass is 10.4. The summed E-state index contributed by atoms with van der Waals surface area (Å²) < 4.78 is 0. The Labute approximate surface area is 89.2 Å². The minimum Gasteiger partial charge on any atom is -0.481 e. The van der Waals surface area contributed by atoms with Gasteiger partial charge in [0.1, 0.15) is 29.1 Å². The minimum absolute atomic E-state index is 0.135. The standard InChI is InChI=1S/C8H8N4O2S/c1-15-8-6-7(9-3-10-8)12-4(11-6)2-5(13)14/h3H,2H2,1H3,(H,13,14)(H,9,10,11,12). The fourth-order valence-electron chi connectivity index (χ4n) is 1.24. The summed E-state index contributed by atoms with van der Waals surface area (Å²) >= 11 is 1.46. The van der Waals surface area contributed by atoms with Gasteiger partial charge in [-0.1, -0.05) is 0 Å². The van der Waals surface area contributed by atoms with Gasteiger partial charge in [0.2, 0.25) is 0 Å². The van der Waals surface area contributed by atoms with Crippen LogP contribution in [0, 0.1) is 0 Å². The Bertz CT molecular complexity index is 510. The Morgan fingerprint density at radius 3 is 3.07 bits per heavy atom. The van der Waals surface area contributed by atoms with E-state index in [9.17, 15) is 4.79 Å². The zero-order valence-electron chi connectivity index (χ0n) is 7.89. The molecule has 0 unspecified atom stereocenters. The van der Waals surface area contributed by atoms with Crippen molar-refractivity contribution in [1.29, 1.82) is 0 Å². The first-order valence-corrected chi connectivity index (χ1v) is 5.38. The third kappa shape index (κ3) is 1.91. The highest BCUT2D eigenvalue weighted by Crippen LogP contribution is 2.20. The van der Waals surface area contributed by atoms with Crippen molar-refractivity contribution in [3.8, 4) is 0 Å². The van der Waals surface area contributed by atoms with Crippen LogP contribution in [-0.4, -0.2) is 37.3 Å². The monoisotopic (exact) mass is 224 g/mol. The number of fused-ring (bicyclic) bond motifs is 1. The van der Waals surface area contributed by atoms with Crippen LogP contribution < -0.4 is 0 Å². The second-order valence-electron chi connectivity index (χ2n) is 2.84. The number of carboxylic acid groups (broad SMARTS) is 1. The summed E-state index contributed by atoms with van der Waals surface area (Å²) in [6, 6.07) is 0. The topological polar surface area (TPSA) is 91.8 Å². The number of aliphatic carboxylic acids is 1. The molecule has 0 fully saturated rings. The molecule has 78 valence electrons. The molecule has 2 rings (SSSR count). The van der Waals surface area contributed by atoms with Crippen molar-refractivity contribution >= 4 is 28.9 Å². The first kappa shape index (κ1) is 9.91. The smallest absolute Gasteiger partial charge is 0.311 e. The number of nitrogens with one attached hydrogen (secondary N) is 1. The van der Waals surface area contributed by atoms with Crippen molar-refractivity contribution < 1.29 is 9.90 Å². The molecule has 7 heteroatoms. The van der Waals surface area contributed by atoms with Gasteiger partial charge in [0.25, 0.3) is 0 Å². The first-order valence-electron chi connectivity index (χ1n) is 4.16. The summed E-state index contributed by atoms with van der Waals surface area (Å²) in [4.78, 5) is 25.5. The van der Waals surface area contributed by atoms with Crippen LogP contribution >= 0.6 is 11.8 Å². The van der Waals surface area contributed by atoms with E-state index >= 15 is 0 Å². The molecule has 0 saturated carbocycles. The maximum absolute atomic E-state index is 10.5. The highest BCUT2D eigenvalue weighted by molar-refractivity contribution is 7.98. The summed E-state index contributed by atoms with van der Waals surface area (Å²) in [7, 11) is 0. The Balaban J connectivity index is 2.50. The van der Waals surface area contributed by atoms with Crippen molar-refractivity contribution in [3.63, 3.8) is 0 Å². The molecule has 2 heterocycles. The highest BCUT2D eigenvalue weighted by atomic mass is 32.2. The number of hydrogen-bond acceptors (Lipinski definition) is 5. The average Bonchev–Trinajstić information content (AvgIpc) is 2.58. The Hall–Kier alpha value is -1.63. The largest absolute Gasteiger partial charge is 0.481 e. The predicted molar refractivity (Wildman–Crippen MR) is 54.8 cm³/mol. The van der Waals surface area contributed by atoms with Crippen LogP contribution in [0.2, 0.25) is 0 Å². The van der Waals surface area contributed by atoms with Gasteiger partial charge < -0.3 is 10.1 Å². The molecule has 6 nitrogen and oxygen atoms in total. The molecule has 0 aliphatic carbocycles. The molecule has 0 saturated heterocycles. The molecule has 2 aromatic heterocycles. The first-order chi connectivity index (χ1) is 7.20. The van der Waals surface area contributed by atoms with Crippen LogP contribution in [0.1, 0.15) is 5.82 Å². The van der Waals surface area contributed by atoms with Crippen LogP contribution in [0.4, 0.5) is 0 Å². The van der Waals surface area contributed by atoms with Gasteiger partial charge in [-0.2, -0.15) is 0 Å². The minimum atomic E-state index is -0.923. The number of aromatic nitrogens is 4. The molecule has 0 amide bonds. The van der Waals surface area contributed by atoms with Crippen LogP contribution in [0.5, 0.6) is 0 Å². The maximum atomic E-state index is 10.5. The van der Waals surface area contributed by atoms with E-state index in [1.165, 1.54) is 18.1 Å². The van der Waals surface area contributed by atoms with Crippen molar-refractivity contribution in [3.05, 3.63) is 12.2 Å². The second kappa shape index (κ2) is 3.85. The molecule has 0 aliphatic rings. The van der Waals surface area contributed by atoms with E-state index in [-0.39, 0.29) is 6.42 Å². The predicted octanol–water partition coefficient (Wildman–Crippen LogP) is 0.702. The van der Waals surface area contributed by atoms with E-state index in [1.807, 2.05) is 6.26 Å². The van der Waals surface area contributed by atoms with Crippen LogP contribution in [-0.2, 0) is 11.2 Å². The number of carbonyl (C=O) groups is 1. The van der Waals surface area contributed by atoms with Crippen molar-refractivity contribution in [1.82, 2.24) is 19.9 Å². The van der Waals surface area contributed by atoms with E-state index in [1.54, 1.807) is 0 Å². The number of H-pyrrole nitrogens is 1. The third-order valence-electron chi connectivity index (χ3n) is 1.81. The van der Waals surface area contributed by atoms with E-state index in [0.717, 1.165) is 5.03 Å². The number of nitrogens with zero attached hydrogens (tertiary/aromatic N) is 3. The SMILES string of the molecule is CSc1ncnc2nc(CC(=O)O)[nH]c12. The van der Waals surface area contributed by atoms with Gasteiger partial charge in [0.15, 0.2) is 5.65 Å². The molecule has 0 spiro atoms. The van der Waals surface area contributed by atoms with E-state index < -0.39 is 5.97 Å². The Morgan fingerprint density at radius 1 is 1.60 bits per heavy atom. The van der Waals surface area contributed by atoms with Gasteiger partial charge in [0, 0.05) is 0 Å². The molecule has 2 aromatic rings. The van der Waals surface area contributed by atoms with Crippen molar-refractivity contribution in [2.24, 2.45) is 0 Å². The van der Waals surface area contributed by atoms with Gasteiger partial charge in [-0.15, -0.1) is 11.8 Å². The third-order valence-corrected chi connectivity index (χ3v) is 2.51. The number of thioether (sulfide) groups is 1. The quantitative estimate of drug-likeness (QED) is 0.589. The molecule has 0 atom stereocenters. The van der Waals surface area contributed by atoms with Crippen LogP contribution in [0.3, 0.4) is 0 Å². The molecule has 0 bridgehead atoms. The molecular formula is C8H8N4O2S. The van der Waals surface area contributed by atoms with Crippen molar-refractivity contribution in [2.75, 3.05) is 6.26 Å². The molecular weight excluding hydrogens is 216 g/mol. The van der Waals surface area contributed by atoms with Gasteiger partial charge in [-0.3, -0.25) is 4.79 Å². The number of aromatic amines is 1. The lowest BCUT2D eigenvalue weighted by molar-refractivity contribution is -0.136. The fourth-order valence-corrected chi connectivity index (χ4v) is 1.74. The molecule has 15 heavy (non-hydrogen) atoms. The number of hydrogen-bond donors (Lipinski definition) is 2. The van der Waals surface area contributed by atoms with Crippen LogP contribution in [0.15, 0.2) is 11.4 Å². The summed E-state index contributed by atoms with van der Waals surface area (Å²) in [6.45, 7) is 0. The fraction of sp³-hybridized carbons (Fsp3) is 0.250. The molecule has 0 aromatic carbocycles. The van der Waals surface area contributed by atoms with Gasteiger partial charge >= 0.3 is 5.97 Å². The lowest BCUT2D eigenvalue weighted by Gasteiger charge is -1.93. The summed E-state index contributed by atoms with van der Waals surface area (Å²) in [5.41, 5.74) is 1.20. The highest BCUT2D eigenvalue weighted by Gasteiger charge is 2.10. The van der Waals surface area contributed by atoms with Crippen LogP contribution in [0.25, 0.3) is 11.2 Å². The maximum Gasteiger partial charge on any atom is 0.311 e. The van der Waals surface area contributed by atoms with E-state index in [2.05, 4.69) is 19.9 Å². The summed E-state index contributed by atoms with van der Waals surface area (Å²) in [5.74, 6) is -0.527. The van der Waals surface area contributed by atoms with Gasteiger partial charge in [-0.25, -0.2) is 15.0 Å². The normalized spacial score (nSPS) is 10.7. The summed E-state index contributed by atoms with van der Waals surface area (Å²) in [5, 5.41) is 9.39. The summed E-state index contributed by atoms with van der Waals surface area (Å²) in [6.07, 6.45) is 3.17. The zero-order chi connectivity index (χ0) is 10.8. The number of rotatable bonds is 3. The second-order valence-corrected chi connectivity index (χ2v) is 3.63. The molecule has 0 aliphatic heterocycles. The average molecular weight is 224 g/mol. The van der Waals surface area contributed by atoms with E-state index in [4.69, 9.17) is 5.11 Å². The lowest BCUT2D eigenvalue weighted by Crippen LogP contribution is -2.01. The number of imidazole rings is 1. The number of carboxylic acids is 1. The molecule has 0 radical (unpaired) electrons.